The van der Waals surface area contributed by atoms with Gasteiger partial charge in [0.2, 0.25) is 11.8 Å². The summed E-state index contributed by atoms with van der Waals surface area (Å²) in [6, 6.07) is 23.0. The predicted octanol–water partition coefficient (Wildman–Crippen LogP) is 8.67. The molecule has 3 aromatic rings. The highest BCUT2D eigenvalue weighted by Crippen LogP contribution is 2.66. The number of ether oxygens (including phenoxy) is 1. The molecule has 3 aliphatic carbocycles. The molecule has 2 bridgehead atoms. The number of carbonyl (C=O) groups excluding carboxylic acids is 3. The molecule has 3 aromatic carbocycles. The first kappa shape index (κ1) is 29.8. The summed E-state index contributed by atoms with van der Waals surface area (Å²) in [5.41, 5.74) is 5.04. The number of alkyl halides is 1. The van der Waals surface area contributed by atoms with E-state index in [0.29, 0.717) is 17.9 Å². The SMILES string of the molecule is CCCCCCCCCCCCOC(=O)c1cccc(N2C(=O)C3C4c5ccccc5C(Br)(c5ccccc54)C3C2=O)c1. The van der Waals surface area contributed by atoms with E-state index in [1.807, 2.05) is 24.3 Å². The Kier molecular flexibility index (Phi) is 8.85. The molecule has 4 aliphatic rings. The van der Waals surface area contributed by atoms with Crippen molar-refractivity contribution in [1.82, 2.24) is 0 Å². The Morgan fingerprint density at radius 3 is 1.98 bits per heavy atom. The molecule has 0 N–H and O–H groups in total. The summed E-state index contributed by atoms with van der Waals surface area (Å²) in [4.78, 5) is 42.6. The molecule has 7 rings (SSSR count). The van der Waals surface area contributed by atoms with Gasteiger partial charge in [0.25, 0.3) is 0 Å². The van der Waals surface area contributed by atoms with Gasteiger partial charge in [-0.15, -0.1) is 0 Å². The highest BCUT2D eigenvalue weighted by atomic mass is 79.9. The lowest BCUT2D eigenvalue weighted by Crippen LogP contribution is -2.50. The molecule has 6 heteroatoms. The van der Waals surface area contributed by atoms with Crippen LogP contribution >= 0.6 is 15.9 Å². The van der Waals surface area contributed by atoms with E-state index in [9.17, 15) is 14.4 Å². The summed E-state index contributed by atoms with van der Waals surface area (Å²) >= 11 is 4.04. The van der Waals surface area contributed by atoms with Crippen LogP contribution in [0.5, 0.6) is 0 Å². The molecule has 1 heterocycles. The number of esters is 1. The van der Waals surface area contributed by atoms with Gasteiger partial charge in [-0.1, -0.05) is 135 Å². The third kappa shape index (κ3) is 5.26. The third-order valence-electron chi connectivity index (χ3n) is 9.59. The van der Waals surface area contributed by atoms with Gasteiger partial charge in [0.15, 0.2) is 0 Å². The Balaban J connectivity index is 1.12. The van der Waals surface area contributed by atoms with Crippen molar-refractivity contribution < 1.29 is 19.1 Å². The van der Waals surface area contributed by atoms with E-state index < -0.39 is 22.1 Å². The van der Waals surface area contributed by atoms with E-state index in [0.717, 1.165) is 41.5 Å². The number of hydrogen-bond acceptors (Lipinski definition) is 4. The standard InChI is InChI=1S/C37H40BrNO4/c1-2-3-4-5-6-7-8-9-10-15-23-43-36(42)25-17-16-18-26(24-25)39-34(40)32-31-27-19-11-13-21-29(27)37(38,33(32)35(39)41)30-22-14-12-20-28(30)31/h11-14,16-22,24,31-33H,2-10,15,23H2,1H3. The van der Waals surface area contributed by atoms with Gasteiger partial charge in [-0.25, -0.2) is 9.69 Å². The largest absolute Gasteiger partial charge is 0.462 e. The van der Waals surface area contributed by atoms with Crippen molar-refractivity contribution in [3.8, 4) is 0 Å². The Bertz CT molecular complexity index is 1470. The van der Waals surface area contributed by atoms with Crippen molar-refractivity contribution in [2.24, 2.45) is 11.8 Å². The fourth-order valence-electron chi connectivity index (χ4n) is 7.54. The molecule has 43 heavy (non-hydrogen) atoms. The van der Waals surface area contributed by atoms with E-state index in [4.69, 9.17) is 4.74 Å². The van der Waals surface area contributed by atoms with Gasteiger partial charge in [-0.3, -0.25) is 9.59 Å². The molecule has 1 aliphatic heterocycles. The van der Waals surface area contributed by atoms with Crippen molar-refractivity contribution in [2.75, 3.05) is 11.5 Å². The van der Waals surface area contributed by atoms with Crippen molar-refractivity contribution >= 4 is 39.4 Å². The van der Waals surface area contributed by atoms with E-state index in [2.05, 4.69) is 47.1 Å². The van der Waals surface area contributed by atoms with Crippen molar-refractivity contribution in [3.05, 3.63) is 101 Å². The van der Waals surface area contributed by atoms with Gasteiger partial charge in [0.1, 0.15) is 0 Å². The Hall–Kier alpha value is -3.25. The molecule has 1 fully saturated rings. The maximum Gasteiger partial charge on any atom is 0.338 e. The molecule has 0 aromatic heterocycles. The van der Waals surface area contributed by atoms with Gasteiger partial charge in [-0.05, 0) is 46.9 Å². The van der Waals surface area contributed by atoms with Gasteiger partial charge in [-0.2, -0.15) is 0 Å². The van der Waals surface area contributed by atoms with Crippen LogP contribution in [-0.2, 0) is 18.7 Å². The number of nitrogens with zero attached hydrogens (tertiary/aromatic N) is 1. The summed E-state index contributed by atoms with van der Waals surface area (Å²) in [6.07, 6.45) is 12.1. The number of anilines is 1. The average Bonchev–Trinajstić information content (AvgIpc) is 3.30. The maximum atomic E-state index is 14.2. The van der Waals surface area contributed by atoms with Crippen molar-refractivity contribution in [3.63, 3.8) is 0 Å². The first-order chi connectivity index (χ1) is 21.0. The average molecular weight is 643 g/mol. The topological polar surface area (TPSA) is 63.7 Å². The van der Waals surface area contributed by atoms with Crippen LogP contribution in [0.25, 0.3) is 0 Å². The highest BCUT2D eigenvalue weighted by molar-refractivity contribution is 9.09. The van der Waals surface area contributed by atoms with Crippen molar-refractivity contribution in [2.45, 2.75) is 81.4 Å². The molecular formula is C37H40BrNO4. The number of benzene rings is 3. The summed E-state index contributed by atoms with van der Waals surface area (Å²) in [6.45, 7) is 2.61. The van der Waals surface area contributed by atoms with Crippen molar-refractivity contribution in [1.29, 1.82) is 0 Å². The van der Waals surface area contributed by atoms with Crippen LogP contribution in [0.2, 0.25) is 0 Å². The molecule has 5 nitrogen and oxygen atoms in total. The molecular weight excluding hydrogens is 602 g/mol. The molecule has 2 atom stereocenters. The Labute approximate surface area is 263 Å². The van der Waals surface area contributed by atoms with E-state index in [1.165, 1.54) is 49.8 Å². The van der Waals surface area contributed by atoms with E-state index >= 15 is 0 Å². The third-order valence-corrected chi connectivity index (χ3v) is 10.9. The van der Waals surface area contributed by atoms with Gasteiger partial charge < -0.3 is 4.74 Å². The number of halogens is 1. The molecule has 2 unspecified atom stereocenters. The zero-order chi connectivity index (χ0) is 30.0. The van der Waals surface area contributed by atoms with E-state index in [1.54, 1.807) is 24.3 Å². The molecule has 0 saturated carbocycles. The normalized spacial score (nSPS) is 23.2. The summed E-state index contributed by atoms with van der Waals surface area (Å²) in [7, 11) is 0. The lowest BCUT2D eigenvalue weighted by molar-refractivity contribution is -0.122. The first-order valence-corrected chi connectivity index (χ1v) is 16.8. The Morgan fingerprint density at radius 2 is 1.35 bits per heavy atom. The lowest BCUT2D eigenvalue weighted by atomic mass is 9.55. The van der Waals surface area contributed by atoms with Gasteiger partial charge >= 0.3 is 5.97 Å². The smallest absolute Gasteiger partial charge is 0.338 e. The van der Waals surface area contributed by atoms with Crippen LogP contribution in [0.3, 0.4) is 0 Å². The summed E-state index contributed by atoms with van der Waals surface area (Å²) in [5.74, 6) is -2.19. The second-order valence-electron chi connectivity index (χ2n) is 12.2. The number of imide groups is 1. The minimum atomic E-state index is -0.799. The number of unbranched alkanes of at least 4 members (excludes halogenated alkanes) is 9. The number of carbonyl (C=O) groups is 3. The minimum Gasteiger partial charge on any atom is -0.462 e. The fraction of sp³-hybridized carbons (Fsp3) is 0.432. The number of hydrogen-bond donors (Lipinski definition) is 0. The van der Waals surface area contributed by atoms with Crippen LogP contribution in [0.1, 0.15) is 110 Å². The second kappa shape index (κ2) is 12.8. The van der Waals surface area contributed by atoms with Crippen LogP contribution in [0.4, 0.5) is 5.69 Å². The van der Waals surface area contributed by atoms with Crippen LogP contribution in [0.15, 0.2) is 72.8 Å². The number of amides is 2. The monoisotopic (exact) mass is 641 g/mol. The maximum absolute atomic E-state index is 14.2. The molecule has 2 amide bonds. The van der Waals surface area contributed by atoms with Crippen LogP contribution < -0.4 is 4.90 Å². The zero-order valence-electron chi connectivity index (χ0n) is 24.9. The quantitative estimate of drug-likeness (QED) is 0.0810. The van der Waals surface area contributed by atoms with Gasteiger partial charge in [0, 0.05) is 5.92 Å². The Morgan fingerprint density at radius 1 is 0.767 bits per heavy atom. The summed E-state index contributed by atoms with van der Waals surface area (Å²) in [5, 5.41) is 0. The first-order valence-electron chi connectivity index (χ1n) is 16.0. The highest BCUT2D eigenvalue weighted by Gasteiger charge is 2.67. The van der Waals surface area contributed by atoms with Crippen LogP contribution in [-0.4, -0.2) is 24.4 Å². The zero-order valence-corrected chi connectivity index (χ0v) is 26.5. The fourth-order valence-corrected chi connectivity index (χ4v) is 8.75. The second-order valence-corrected chi connectivity index (χ2v) is 13.5. The number of rotatable bonds is 13. The van der Waals surface area contributed by atoms with Crippen LogP contribution in [0, 0.1) is 11.8 Å². The summed E-state index contributed by atoms with van der Waals surface area (Å²) < 4.78 is 4.78. The van der Waals surface area contributed by atoms with Gasteiger partial charge in [0.05, 0.1) is 34.0 Å². The predicted molar refractivity (Wildman–Crippen MR) is 172 cm³/mol. The molecule has 0 spiro atoms. The molecule has 0 radical (unpaired) electrons. The molecule has 1 saturated heterocycles. The minimum absolute atomic E-state index is 0.201. The lowest BCUT2D eigenvalue weighted by Gasteiger charge is -2.51. The molecule has 224 valence electrons. The van der Waals surface area contributed by atoms with E-state index in [-0.39, 0.29) is 17.7 Å².